The zero-order valence-corrected chi connectivity index (χ0v) is 46.5. The maximum absolute atomic E-state index is 14.8. The van der Waals surface area contributed by atoms with E-state index in [-0.39, 0.29) is 45.6 Å². The van der Waals surface area contributed by atoms with Gasteiger partial charge in [-0.3, -0.25) is 24.7 Å². The van der Waals surface area contributed by atoms with Crippen LogP contribution >= 0.6 is 0 Å². The summed E-state index contributed by atoms with van der Waals surface area (Å²) in [5.74, 6) is 0.584. The first-order chi connectivity index (χ1) is 37.8. The van der Waals surface area contributed by atoms with Crippen molar-refractivity contribution in [3.63, 3.8) is 0 Å². The number of amides is 1. The number of hydrogen-bond donors (Lipinski definition) is 4. The van der Waals surface area contributed by atoms with Gasteiger partial charge in [-0.1, -0.05) is 50.2 Å². The molecule has 418 valence electrons. The molecule has 1 spiro atoms. The summed E-state index contributed by atoms with van der Waals surface area (Å²) in [5, 5.41) is 25.7. The number of nitro groups is 1. The molecule has 4 N–H and O–H groups in total. The van der Waals surface area contributed by atoms with Crippen molar-refractivity contribution in [3.05, 3.63) is 135 Å². The number of ether oxygens (including phenoxy) is 2. The highest BCUT2D eigenvalue weighted by molar-refractivity contribution is 7.90. The molecule has 5 heterocycles. The molecular formula is C60H72FN9O8S. The zero-order valence-electron chi connectivity index (χ0n) is 45.7. The Kier molecular flexibility index (Phi) is 15.0. The van der Waals surface area contributed by atoms with Gasteiger partial charge in [0.1, 0.15) is 33.6 Å². The molecule has 1 amide bonds. The number of aromatic nitrogens is 3. The van der Waals surface area contributed by atoms with Crippen molar-refractivity contribution in [2.45, 2.75) is 139 Å². The molecular weight excluding hydrogens is 1030 g/mol. The number of aliphatic hydroxyl groups is 1. The Labute approximate surface area is 461 Å². The molecule has 3 saturated carbocycles. The van der Waals surface area contributed by atoms with Crippen LogP contribution in [-0.4, -0.2) is 107 Å². The second-order valence-corrected chi connectivity index (χ2v) is 25.4. The fraction of sp³-hybridized carbons (Fsp3) is 0.483. The minimum Gasteiger partial charge on any atom is -0.496 e. The molecule has 5 aliphatic rings. The molecule has 2 atom stereocenters. The highest BCUT2D eigenvalue weighted by Gasteiger charge is 2.51. The lowest BCUT2D eigenvalue weighted by Gasteiger charge is -2.59. The maximum Gasteiger partial charge on any atom is 0.312 e. The second-order valence-electron chi connectivity index (χ2n) is 23.7. The number of carbonyl (C=O) groups excluding carboxylic acids is 1. The van der Waals surface area contributed by atoms with Gasteiger partial charge in [-0.15, -0.1) is 0 Å². The van der Waals surface area contributed by atoms with Gasteiger partial charge in [0.15, 0.2) is 0 Å². The Morgan fingerprint density at radius 3 is 2.43 bits per heavy atom. The number of aromatic amines is 1. The summed E-state index contributed by atoms with van der Waals surface area (Å²) in [4.78, 5) is 44.0. The van der Waals surface area contributed by atoms with Crippen LogP contribution in [0.4, 0.5) is 21.6 Å². The minimum atomic E-state index is -4.71. The summed E-state index contributed by atoms with van der Waals surface area (Å²) < 4.78 is 56.8. The summed E-state index contributed by atoms with van der Waals surface area (Å²) in [7, 11) is -2.93. The number of H-pyrrole nitrogens is 1. The third-order valence-corrected chi connectivity index (χ3v) is 19.1. The molecule has 2 aliphatic heterocycles. The van der Waals surface area contributed by atoms with Gasteiger partial charge in [-0.25, -0.2) is 27.5 Å². The number of nitrogens with zero attached hydrogens (tertiary/aromatic N) is 6. The standard InChI is InChI=1S/C60H72FN9O8S/c1-37(2)46-8-6-7-9-48(46)53-36-68(35-40-10-14-47(41-11-12-41)54(24-40)77-5)38(3)34-69(53)43-28-60(29-43)20-22-67(23-21-60)42-13-15-49(55(25-42)78-44-26-50-51(61)33-65-56(50)63-31-44)58(71)66-79(75,76)45-27-52(70(73)74)57(64-32-45)62-30-39-16-18-59(4,72)19-17-39/h6-10,13-15,24-27,31-33,37-39,41,43,53,72H,11-12,16-23,28-30,34-36H2,1-5H3,(H,62,64)(H,63,65)(H,66,71)/t38-,39?,53+,59?/m1/s1. The number of piperidine rings is 1. The van der Waals surface area contributed by atoms with Crippen molar-refractivity contribution in [2.75, 3.05) is 50.1 Å². The fourth-order valence-electron chi connectivity index (χ4n) is 12.9. The largest absolute Gasteiger partial charge is 0.496 e. The zero-order chi connectivity index (χ0) is 55.4. The number of pyridine rings is 2. The molecule has 0 unspecified atom stereocenters. The number of nitrogens with one attached hydrogen (secondary N) is 3. The highest BCUT2D eigenvalue weighted by atomic mass is 32.2. The normalized spacial score (nSPS) is 22.9. The first-order valence-corrected chi connectivity index (χ1v) is 29.5. The second kappa shape index (κ2) is 21.8. The quantitative estimate of drug-likeness (QED) is 0.0495. The van der Waals surface area contributed by atoms with E-state index in [0.717, 1.165) is 82.1 Å². The molecule has 0 radical (unpaired) electrons. The summed E-state index contributed by atoms with van der Waals surface area (Å²) in [5.41, 5.74) is 5.21. The Morgan fingerprint density at radius 1 is 0.949 bits per heavy atom. The molecule has 19 heteroatoms. The lowest BCUT2D eigenvalue weighted by atomic mass is 9.59. The van der Waals surface area contributed by atoms with E-state index in [1.54, 1.807) is 26.2 Å². The molecule has 11 rings (SSSR count). The third-order valence-electron chi connectivity index (χ3n) is 17.8. The summed E-state index contributed by atoms with van der Waals surface area (Å²) >= 11 is 0. The van der Waals surface area contributed by atoms with Crippen LogP contribution in [0.5, 0.6) is 17.2 Å². The van der Waals surface area contributed by atoms with E-state index < -0.39 is 42.9 Å². The Bertz CT molecular complexity index is 3360. The number of benzene rings is 3. The highest BCUT2D eigenvalue weighted by Crippen LogP contribution is 2.54. The van der Waals surface area contributed by atoms with Gasteiger partial charge in [-0.05, 0) is 148 Å². The molecule has 0 bridgehead atoms. The summed E-state index contributed by atoms with van der Waals surface area (Å²) in [6.45, 7) is 13.4. The van der Waals surface area contributed by atoms with E-state index in [9.17, 15) is 32.8 Å². The number of piperazine rings is 1. The van der Waals surface area contributed by atoms with Crippen molar-refractivity contribution in [1.82, 2.24) is 29.5 Å². The molecule has 2 saturated heterocycles. The van der Waals surface area contributed by atoms with Crippen molar-refractivity contribution in [2.24, 2.45) is 11.3 Å². The van der Waals surface area contributed by atoms with Crippen LogP contribution in [0.2, 0.25) is 0 Å². The van der Waals surface area contributed by atoms with Gasteiger partial charge < -0.3 is 29.8 Å². The molecule has 3 aromatic carbocycles. The van der Waals surface area contributed by atoms with Crippen LogP contribution in [0.15, 0.2) is 96.3 Å². The average Bonchev–Trinajstić information content (AvgIpc) is 4.26. The van der Waals surface area contributed by atoms with Gasteiger partial charge >= 0.3 is 5.69 Å². The number of rotatable bonds is 17. The van der Waals surface area contributed by atoms with Crippen LogP contribution in [-0.2, 0) is 16.6 Å². The average molecular weight is 1100 g/mol. The van der Waals surface area contributed by atoms with Crippen LogP contribution in [0, 0.1) is 27.3 Å². The molecule has 79 heavy (non-hydrogen) atoms. The Hall–Kier alpha value is -6.67. The van der Waals surface area contributed by atoms with Gasteiger partial charge in [0.2, 0.25) is 5.82 Å². The van der Waals surface area contributed by atoms with Crippen LogP contribution in [0.1, 0.15) is 142 Å². The monoisotopic (exact) mass is 1100 g/mol. The number of sulfonamides is 1. The van der Waals surface area contributed by atoms with E-state index in [2.05, 4.69) is 103 Å². The predicted molar refractivity (Wildman–Crippen MR) is 301 cm³/mol. The van der Waals surface area contributed by atoms with Crippen molar-refractivity contribution in [3.8, 4) is 17.2 Å². The molecule has 3 aromatic heterocycles. The maximum atomic E-state index is 14.8. The van der Waals surface area contributed by atoms with Gasteiger partial charge in [-0.2, -0.15) is 0 Å². The van der Waals surface area contributed by atoms with Crippen molar-refractivity contribution in [1.29, 1.82) is 0 Å². The van der Waals surface area contributed by atoms with Gasteiger partial charge in [0.25, 0.3) is 15.9 Å². The van der Waals surface area contributed by atoms with Crippen LogP contribution in [0.3, 0.4) is 0 Å². The van der Waals surface area contributed by atoms with E-state index in [0.29, 0.717) is 61.8 Å². The van der Waals surface area contributed by atoms with E-state index in [4.69, 9.17) is 9.47 Å². The fourth-order valence-corrected chi connectivity index (χ4v) is 13.8. The number of hydrogen-bond acceptors (Lipinski definition) is 14. The molecule has 17 nitrogen and oxygen atoms in total. The summed E-state index contributed by atoms with van der Waals surface area (Å²) in [6, 6.07) is 24.1. The smallest absolute Gasteiger partial charge is 0.312 e. The Balaban J connectivity index is 0.789. The number of anilines is 2. The van der Waals surface area contributed by atoms with Crippen molar-refractivity contribution < 1.29 is 37.1 Å². The first-order valence-electron chi connectivity index (χ1n) is 28.0. The van der Waals surface area contributed by atoms with E-state index >= 15 is 0 Å². The third kappa shape index (κ3) is 11.5. The number of halogens is 1. The number of fused-ring (bicyclic) bond motifs is 1. The van der Waals surface area contributed by atoms with Crippen LogP contribution in [0.25, 0.3) is 11.0 Å². The predicted octanol–water partition coefficient (Wildman–Crippen LogP) is 11.0. The van der Waals surface area contributed by atoms with E-state index in [1.165, 1.54) is 59.6 Å². The Morgan fingerprint density at radius 2 is 1.71 bits per heavy atom. The molecule has 6 aromatic rings. The van der Waals surface area contributed by atoms with Gasteiger partial charge in [0, 0.05) is 81.4 Å². The lowest BCUT2D eigenvalue weighted by Crippen LogP contribution is -2.61. The topological polar surface area (TPSA) is 208 Å². The molecule has 3 aliphatic carbocycles. The lowest BCUT2D eigenvalue weighted by molar-refractivity contribution is -0.384. The number of carbonyl (C=O) groups is 1. The summed E-state index contributed by atoms with van der Waals surface area (Å²) in [6.07, 6.45) is 12.8. The SMILES string of the molecule is COc1cc(CN2C[C@@H](c3ccccc3C(C)C)N(C3CC4(CCN(c5ccc(C(=O)NS(=O)(=O)c6cnc(NCC7CCC(C)(O)CC7)c([N+](=O)[O-])c6)c(Oc6cnc7[nH]cc(F)c7c6)c5)CC4)C3)C[C@H]2C)ccc1C1CC1. The van der Waals surface area contributed by atoms with Crippen LogP contribution < -0.4 is 24.4 Å². The number of methoxy groups -OCH3 is 1. The van der Waals surface area contributed by atoms with E-state index in [1.807, 2.05) is 0 Å². The van der Waals surface area contributed by atoms with Gasteiger partial charge in [0.05, 0.1) is 41.0 Å². The minimum absolute atomic E-state index is 0.00885. The molecule has 5 fully saturated rings. The van der Waals surface area contributed by atoms with Crippen molar-refractivity contribution >= 4 is 44.2 Å². The first kappa shape index (κ1) is 54.3.